The largest absolute Gasteiger partial charge is 1.00 e. The fourth-order valence-corrected chi connectivity index (χ4v) is 2.70. The molecule has 82 valence electrons. The Labute approximate surface area is 102 Å². The van der Waals surface area contributed by atoms with Crippen LogP contribution in [0.3, 0.4) is 0 Å². The molecule has 0 saturated carbocycles. The summed E-state index contributed by atoms with van der Waals surface area (Å²) in [6.07, 6.45) is 2.66. The molecule has 0 aliphatic carbocycles. The summed E-state index contributed by atoms with van der Waals surface area (Å²) in [4.78, 5) is 10.9. The molecule has 0 radical (unpaired) electrons. The third kappa shape index (κ3) is 2.39. The van der Waals surface area contributed by atoms with Crippen LogP contribution in [0.5, 0.6) is 0 Å². The van der Waals surface area contributed by atoms with E-state index in [0.717, 1.165) is 11.0 Å². The molecule has 3 aliphatic heterocycles. The van der Waals surface area contributed by atoms with E-state index in [-0.39, 0.29) is 36.0 Å². The monoisotopic (exact) mass is 311 g/mol. The molecule has 0 aromatic heterocycles. The van der Waals surface area contributed by atoms with Crippen molar-refractivity contribution in [3.05, 3.63) is 0 Å². The van der Waals surface area contributed by atoms with Crippen molar-refractivity contribution in [3.63, 3.8) is 0 Å². The average Bonchev–Trinajstić information content (AvgIpc) is 2.02. The number of hydrogen-bond acceptors (Lipinski definition) is 2. The molecule has 3 nitrogen and oxygen atoms in total. The van der Waals surface area contributed by atoms with Crippen LogP contribution in [0.2, 0.25) is 0 Å². The van der Waals surface area contributed by atoms with Gasteiger partial charge in [-0.1, -0.05) is 0 Å². The molecule has 1 atom stereocenters. The maximum absolute atomic E-state index is 10.9. The van der Waals surface area contributed by atoms with Crippen LogP contribution >= 0.6 is 0 Å². The van der Waals surface area contributed by atoms with Gasteiger partial charge in [-0.3, -0.25) is 4.79 Å². The van der Waals surface area contributed by atoms with E-state index < -0.39 is 0 Å². The number of esters is 1. The van der Waals surface area contributed by atoms with Crippen LogP contribution in [-0.4, -0.2) is 43.2 Å². The summed E-state index contributed by atoms with van der Waals surface area (Å²) in [6, 6.07) is 0. The molecular formula is C10H18INO2. The molecule has 3 aliphatic rings. The molecule has 0 amide bonds. The van der Waals surface area contributed by atoms with E-state index in [9.17, 15) is 4.79 Å². The fourth-order valence-electron chi connectivity index (χ4n) is 2.70. The molecule has 0 aromatic carbocycles. The van der Waals surface area contributed by atoms with Gasteiger partial charge in [-0.05, 0) is 0 Å². The van der Waals surface area contributed by atoms with Crippen LogP contribution in [0.1, 0.15) is 19.8 Å². The first kappa shape index (κ1) is 12.2. The molecule has 14 heavy (non-hydrogen) atoms. The summed E-state index contributed by atoms with van der Waals surface area (Å²) in [6.45, 7) is 5.08. The fraction of sp³-hybridized carbons (Fsp3) is 0.900. The van der Waals surface area contributed by atoms with E-state index in [0.29, 0.717) is 5.92 Å². The third-order valence-corrected chi connectivity index (χ3v) is 3.54. The third-order valence-electron chi connectivity index (χ3n) is 3.54. The highest BCUT2D eigenvalue weighted by Gasteiger charge is 2.44. The number of ether oxygens (including phenoxy) is 1. The first-order valence-electron chi connectivity index (χ1n) is 5.10. The predicted molar refractivity (Wildman–Crippen MR) is 49.1 cm³/mol. The lowest BCUT2D eigenvalue weighted by atomic mass is 9.84. The van der Waals surface area contributed by atoms with Gasteiger partial charge < -0.3 is 33.2 Å². The molecule has 3 rings (SSSR count). The van der Waals surface area contributed by atoms with E-state index in [1.165, 1.54) is 32.9 Å². The Morgan fingerprint density at radius 3 is 2.36 bits per heavy atom. The first-order valence-corrected chi connectivity index (χ1v) is 5.10. The SMILES string of the molecule is CC(=O)OC1C[N+]2(C)CCC1CC2.[I-]. The second-order valence-electron chi connectivity index (χ2n) is 4.73. The van der Waals surface area contributed by atoms with E-state index in [2.05, 4.69) is 7.05 Å². The van der Waals surface area contributed by atoms with Crippen molar-refractivity contribution in [2.45, 2.75) is 25.9 Å². The van der Waals surface area contributed by atoms with Gasteiger partial charge in [0.2, 0.25) is 0 Å². The molecule has 3 heterocycles. The summed E-state index contributed by atoms with van der Waals surface area (Å²) < 4.78 is 6.44. The Morgan fingerprint density at radius 2 is 1.93 bits per heavy atom. The van der Waals surface area contributed by atoms with Crippen LogP contribution in [0, 0.1) is 5.92 Å². The van der Waals surface area contributed by atoms with Crippen molar-refractivity contribution >= 4 is 5.97 Å². The number of nitrogens with zero attached hydrogens (tertiary/aromatic N) is 1. The standard InChI is InChI=1S/C10H18NO2.HI/c1-8(12)13-10-7-11(2)5-3-9(10)4-6-11;/h9-10H,3-7H2,1-2H3;1H/q+1;/p-1. The van der Waals surface area contributed by atoms with Crippen molar-refractivity contribution in [2.75, 3.05) is 26.7 Å². The molecule has 0 spiro atoms. The molecule has 0 N–H and O–H groups in total. The summed E-state index contributed by atoms with van der Waals surface area (Å²) in [5.41, 5.74) is 0. The molecule has 1 unspecified atom stereocenters. The van der Waals surface area contributed by atoms with Crippen molar-refractivity contribution in [3.8, 4) is 0 Å². The number of halogens is 1. The van der Waals surface area contributed by atoms with Crippen molar-refractivity contribution in [1.29, 1.82) is 0 Å². The van der Waals surface area contributed by atoms with Crippen molar-refractivity contribution in [2.24, 2.45) is 5.92 Å². The van der Waals surface area contributed by atoms with Gasteiger partial charge in [-0.25, -0.2) is 0 Å². The molecule has 2 bridgehead atoms. The van der Waals surface area contributed by atoms with Crippen LogP contribution in [0.15, 0.2) is 0 Å². The van der Waals surface area contributed by atoms with Crippen molar-refractivity contribution in [1.82, 2.24) is 0 Å². The Hall–Kier alpha value is 0.160. The predicted octanol–water partition coefficient (Wildman–Crippen LogP) is -2.21. The topological polar surface area (TPSA) is 26.3 Å². The lowest BCUT2D eigenvalue weighted by Crippen LogP contribution is -3.00. The van der Waals surface area contributed by atoms with Gasteiger partial charge >= 0.3 is 5.97 Å². The molecule has 3 fully saturated rings. The lowest BCUT2D eigenvalue weighted by Gasteiger charge is -2.49. The maximum Gasteiger partial charge on any atom is 0.303 e. The van der Waals surface area contributed by atoms with Gasteiger partial charge in [0.25, 0.3) is 0 Å². The maximum atomic E-state index is 10.9. The minimum absolute atomic E-state index is 0. The van der Waals surface area contributed by atoms with Gasteiger partial charge in [0.1, 0.15) is 6.54 Å². The summed E-state index contributed by atoms with van der Waals surface area (Å²) in [5, 5.41) is 0. The van der Waals surface area contributed by atoms with Crippen LogP contribution in [0.25, 0.3) is 0 Å². The zero-order valence-corrected chi connectivity index (χ0v) is 11.0. The number of rotatable bonds is 1. The minimum atomic E-state index is -0.120. The van der Waals surface area contributed by atoms with E-state index in [1.807, 2.05) is 0 Å². The van der Waals surface area contributed by atoms with Crippen LogP contribution in [0.4, 0.5) is 0 Å². The van der Waals surface area contributed by atoms with E-state index in [1.54, 1.807) is 0 Å². The highest BCUT2D eigenvalue weighted by atomic mass is 127. The Morgan fingerprint density at radius 1 is 1.36 bits per heavy atom. The van der Waals surface area contributed by atoms with Gasteiger partial charge in [0.15, 0.2) is 6.10 Å². The Balaban J connectivity index is 0.000000980. The number of carbonyl (C=O) groups excluding carboxylic acids is 1. The normalized spacial score (nSPS) is 40.1. The molecular weight excluding hydrogens is 293 g/mol. The summed E-state index contributed by atoms with van der Waals surface area (Å²) >= 11 is 0. The van der Waals surface area contributed by atoms with Gasteiger partial charge in [-0.15, -0.1) is 0 Å². The number of likely N-dealkylation sites (N-methyl/N-ethyl adjacent to an activating group) is 1. The van der Waals surface area contributed by atoms with E-state index >= 15 is 0 Å². The number of quaternary nitrogens is 1. The molecule has 0 aromatic rings. The average molecular weight is 311 g/mol. The van der Waals surface area contributed by atoms with Gasteiger partial charge in [0, 0.05) is 25.7 Å². The zero-order valence-electron chi connectivity index (χ0n) is 8.83. The number of fused-ring (bicyclic) bond motifs is 3. The summed E-state index contributed by atoms with van der Waals surface area (Å²) in [5.74, 6) is 0.522. The smallest absolute Gasteiger partial charge is 0.303 e. The number of piperidine rings is 3. The highest BCUT2D eigenvalue weighted by molar-refractivity contribution is 5.66. The van der Waals surface area contributed by atoms with E-state index in [4.69, 9.17) is 4.74 Å². The molecule has 3 saturated heterocycles. The van der Waals surface area contributed by atoms with Crippen molar-refractivity contribution < 1.29 is 38.0 Å². The quantitative estimate of drug-likeness (QED) is 0.312. The second-order valence-corrected chi connectivity index (χ2v) is 4.73. The minimum Gasteiger partial charge on any atom is -1.00 e. The number of hydrogen-bond donors (Lipinski definition) is 0. The first-order chi connectivity index (χ1) is 6.09. The summed E-state index contributed by atoms with van der Waals surface area (Å²) in [7, 11) is 2.27. The van der Waals surface area contributed by atoms with Gasteiger partial charge in [-0.2, -0.15) is 0 Å². The zero-order chi connectivity index (χ0) is 9.47. The Kier molecular flexibility index (Phi) is 3.80. The highest BCUT2D eigenvalue weighted by Crippen LogP contribution is 2.33. The Bertz CT molecular complexity index is 224. The molecule has 4 heteroatoms. The van der Waals surface area contributed by atoms with Crippen LogP contribution in [-0.2, 0) is 9.53 Å². The van der Waals surface area contributed by atoms with Gasteiger partial charge in [0.05, 0.1) is 20.1 Å². The van der Waals surface area contributed by atoms with Crippen LogP contribution < -0.4 is 24.0 Å². The second kappa shape index (κ2) is 4.35. The number of carbonyl (C=O) groups is 1. The lowest BCUT2D eigenvalue weighted by molar-refractivity contribution is -0.928.